The Kier molecular flexibility index (Phi) is 3.84. The van der Waals surface area contributed by atoms with E-state index in [0.717, 1.165) is 31.7 Å². The first kappa shape index (κ1) is 13.3. The predicted octanol–water partition coefficient (Wildman–Crippen LogP) is 1.66. The molecule has 1 aliphatic rings. The number of carbonyl (C=O) groups is 1. The Balaban J connectivity index is 1.62. The maximum Gasteiger partial charge on any atom is 0.231 e. The zero-order chi connectivity index (χ0) is 13.9. The second-order valence-electron chi connectivity index (χ2n) is 5.15. The van der Waals surface area contributed by atoms with Gasteiger partial charge in [-0.05, 0) is 30.4 Å². The molecular formula is C14H18N4OS. The molecule has 0 spiro atoms. The van der Waals surface area contributed by atoms with Crippen molar-refractivity contribution in [2.45, 2.75) is 18.9 Å². The van der Waals surface area contributed by atoms with Crippen LogP contribution in [-0.2, 0) is 4.79 Å². The zero-order valence-electron chi connectivity index (χ0n) is 11.2. The number of fused-ring (bicyclic) bond motifs is 1. The first-order valence-electron chi connectivity index (χ1n) is 6.82. The largest absolute Gasteiger partial charge is 0.369 e. The molecule has 0 atom stereocenters. The van der Waals surface area contributed by atoms with Gasteiger partial charge in [0, 0.05) is 35.4 Å². The lowest BCUT2D eigenvalue weighted by Gasteiger charge is -2.31. The van der Waals surface area contributed by atoms with Crippen LogP contribution in [0.3, 0.4) is 0 Å². The van der Waals surface area contributed by atoms with Crippen LogP contribution in [-0.4, -0.2) is 41.5 Å². The summed E-state index contributed by atoms with van der Waals surface area (Å²) in [6, 6.07) is 4.56. The number of aromatic nitrogens is 1. The highest BCUT2D eigenvalue weighted by Gasteiger charge is 2.20. The molecule has 0 aromatic carbocycles. The molecule has 5 nitrogen and oxygen atoms in total. The van der Waals surface area contributed by atoms with E-state index >= 15 is 0 Å². The van der Waals surface area contributed by atoms with Crippen LogP contribution in [0.1, 0.15) is 12.8 Å². The lowest BCUT2D eigenvalue weighted by molar-refractivity contribution is -0.119. The molecule has 106 valence electrons. The first-order valence-corrected chi connectivity index (χ1v) is 7.70. The second kappa shape index (κ2) is 5.76. The molecule has 0 radical (unpaired) electrons. The van der Waals surface area contributed by atoms with Gasteiger partial charge >= 0.3 is 0 Å². The van der Waals surface area contributed by atoms with Crippen LogP contribution >= 0.6 is 11.3 Å². The van der Waals surface area contributed by atoms with Crippen molar-refractivity contribution in [3.05, 3.63) is 23.7 Å². The van der Waals surface area contributed by atoms with Gasteiger partial charge in [0.1, 0.15) is 5.82 Å². The van der Waals surface area contributed by atoms with Crippen molar-refractivity contribution in [3.8, 4) is 0 Å². The lowest BCUT2D eigenvalue weighted by Crippen LogP contribution is -2.43. The van der Waals surface area contributed by atoms with Crippen molar-refractivity contribution < 1.29 is 4.79 Å². The van der Waals surface area contributed by atoms with Gasteiger partial charge in [-0.3, -0.25) is 9.69 Å². The number of nitrogens with two attached hydrogens (primary N) is 1. The number of pyridine rings is 1. The van der Waals surface area contributed by atoms with Gasteiger partial charge in [0.2, 0.25) is 5.91 Å². The van der Waals surface area contributed by atoms with Gasteiger partial charge in [0.25, 0.3) is 0 Å². The molecule has 1 amide bonds. The van der Waals surface area contributed by atoms with Gasteiger partial charge in [-0.25, -0.2) is 4.98 Å². The van der Waals surface area contributed by atoms with Crippen LogP contribution in [0.5, 0.6) is 0 Å². The van der Waals surface area contributed by atoms with Crippen molar-refractivity contribution in [1.82, 2.24) is 9.88 Å². The minimum absolute atomic E-state index is 0.249. The third-order valence-corrected chi connectivity index (χ3v) is 4.57. The number of thiophene rings is 1. The van der Waals surface area contributed by atoms with Gasteiger partial charge in [0.15, 0.2) is 0 Å². The Morgan fingerprint density at radius 3 is 3.00 bits per heavy atom. The normalized spacial score (nSPS) is 17.4. The van der Waals surface area contributed by atoms with Gasteiger partial charge < -0.3 is 11.1 Å². The summed E-state index contributed by atoms with van der Waals surface area (Å²) in [4.78, 5) is 17.5. The molecule has 1 saturated heterocycles. The van der Waals surface area contributed by atoms with Crippen LogP contribution < -0.4 is 11.1 Å². The Morgan fingerprint density at radius 1 is 1.45 bits per heavy atom. The van der Waals surface area contributed by atoms with E-state index in [9.17, 15) is 4.79 Å². The van der Waals surface area contributed by atoms with Crippen molar-refractivity contribution in [1.29, 1.82) is 0 Å². The van der Waals surface area contributed by atoms with Gasteiger partial charge in [-0.2, -0.15) is 0 Å². The SMILES string of the molecule is NC(=O)CN1CCC(Nc2nccc3sccc23)CC1. The van der Waals surface area contributed by atoms with E-state index in [2.05, 4.69) is 26.6 Å². The summed E-state index contributed by atoms with van der Waals surface area (Å²) in [6.07, 6.45) is 3.87. The molecule has 1 fully saturated rings. The number of likely N-dealkylation sites (tertiary alicyclic amines) is 1. The molecule has 0 aliphatic carbocycles. The highest BCUT2D eigenvalue weighted by molar-refractivity contribution is 7.17. The summed E-state index contributed by atoms with van der Waals surface area (Å²) < 4.78 is 1.26. The van der Waals surface area contributed by atoms with E-state index in [1.165, 1.54) is 10.1 Å². The fourth-order valence-electron chi connectivity index (χ4n) is 2.66. The van der Waals surface area contributed by atoms with Crippen molar-refractivity contribution in [2.75, 3.05) is 25.0 Å². The summed E-state index contributed by atoms with van der Waals surface area (Å²) >= 11 is 1.73. The number of amides is 1. The van der Waals surface area contributed by atoms with E-state index in [-0.39, 0.29) is 5.91 Å². The zero-order valence-corrected chi connectivity index (χ0v) is 12.0. The van der Waals surface area contributed by atoms with Crippen LogP contribution in [0.2, 0.25) is 0 Å². The van der Waals surface area contributed by atoms with E-state index < -0.39 is 0 Å². The Morgan fingerprint density at radius 2 is 2.25 bits per heavy atom. The molecule has 0 bridgehead atoms. The summed E-state index contributed by atoms with van der Waals surface area (Å²) in [5, 5.41) is 6.82. The Hall–Kier alpha value is -1.66. The standard InChI is InChI=1S/C14H18N4OS/c15-13(19)9-18-6-2-10(3-7-18)17-14-11-4-8-20-12(11)1-5-16-14/h1,4-5,8,10H,2-3,6-7,9H2,(H2,15,19)(H,16,17). The van der Waals surface area contributed by atoms with Gasteiger partial charge in [-0.15, -0.1) is 11.3 Å². The summed E-state index contributed by atoms with van der Waals surface area (Å²) in [6.45, 7) is 2.17. The molecule has 0 unspecified atom stereocenters. The van der Waals surface area contributed by atoms with E-state index in [1.54, 1.807) is 11.3 Å². The van der Waals surface area contributed by atoms with E-state index in [0.29, 0.717) is 12.6 Å². The number of nitrogens with one attached hydrogen (secondary N) is 1. The molecule has 20 heavy (non-hydrogen) atoms. The number of piperidine rings is 1. The summed E-state index contributed by atoms with van der Waals surface area (Å²) in [5.41, 5.74) is 5.23. The predicted molar refractivity (Wildman–Crippen MR) is 81.9 cm³/mol. The maximum atomic E-state index is 10.9. The van der Waals surface area contributed by atoms with Crippen LogP contribution in [0.4, 0.5) is 5.82 Å². The highest BCUT2D eigenvalue weighted by Crippen LogP contribution is 2.27. The topological polar surface area (TPSA) is 71.2 Å². The van der Waals surface area contributed by atoms with Crippen molar-refractivity contribution in [3.63, 3.8) is 0 Å². The maximum absolute atomic E-state index is 10.9. The van der Waals surface area contributed by atoms with Crippen molar-refractivity contribution in [2.24, 2.45) is 5.73 Å². The van der Waals surface area contributed by atoms with Crippen molar-refractivity contribution >= 4 is 33.1 Å². The highest BCUT2D eigenvalue weighted by atomic mass is 32.1. The number of nitrogens with zero attached hydrogens (tertiary/aromatic N) is 2. The first-order chi connectivity index (χ1) is 9.72. The molecule has 3 heterocycles. The third kappa shape index (κ3) is 2.91. The molecule has 3 N–H and O–H groups in total. The summed E-state index contributed by atoms with van der Waals surface area (Å²) in [7, 11) is 0. The minimum Gasteiger partial charge on any atom is -0.369 e. The molecule has 0 saturated carbocycles. The lowest BCUT2D eigenvalue weighted by atomic mass is 10.0. The molecule has 2 aromatic rings. The molecule has 1 aliphatic heterocycles. The number of anilines is 1. The average Bonchev–Trinajstić information content (AvgIpc) is 2.90. The molecular weight excluding hydrogens is 272 g/mol. The smallest absolute Gasteiger partial charge is 0.231 e. The average molecular weight is 290 g/mol. The summed E-state index contributed by atoms with van der Waals surface area (Å²) in [5.74, 6) is 0.721. The molecule has 3 rings (SSSR count). The van der Waals surface area contributed by atoms with Crippen LogP contribution in [0, 0.1) is 0 Å². The molecule has 6 heteroatoms. The quantitative estimate of drug-likeness (QED) is 0.898. The van der Waals surface area contributed by atoms with E-state index in [4.69, 9.17) is 5.73 Å². The molecule has 2 aromatic heterocycles. The number of hydrogen-bond donors (Lipinski definition) is 2. The number of carbonyl (C=O) groups excluding carboxylic acids is 1. The fourth-order valence-corrected chi connectivity index (χ4v) is 3.44. The minimum atomic E-state index is -0.249. The van der Waals surface area contributed by atoms with Crippen LogP contribution in [0.15, 0.2) is 23.7 Å². The number of rotatable bonds is 4. The number of primary amides is 1. The Bertz CT molecular complexity index is 604. The van der Waals surface area contributed by atoms with Crippen LogP contribution in [0.25, 0.3) is 10.1 Å². The van der Waals surface area contributed by atoms with Gasteiger partial charge in [-0.1, -0.05) is 0 Å². The fraction of sp³-hybridized carbons (Fsp3) is 0.429. The van der Waals surface area contributed by atoms with E-state index in [1.807, 2.05) is 12.3 Å². The monoisotopic (exact) mass is 290 g/mol. The second-order valence-corrected chi connectivity index (χ2v) is 6.10. The third-order valence-electron chi connectivity index (χ3n) is 3.69. The Labute approximate surface area is 121 Å². The number of hydrogen-bond acceptors (Lipinski definition) is 5. The van der Waals surface area contributed by atoms with Gasteiger partial charge in [0.05, 0.1) is 6.54 Å².